The van der Waals surface area contributed by atoms with Gasteiger partial charge in [-0.2, -0.15) is 0 Å². The fourth-order valence-electron chi connectivity index (χ4n) is 2.50. The van der Waals surface area contributed by atoms with Crippen molar-refractivity contribution in [1.82, 2.24) is 14.9 Å². The lowest BCUT2D eigenvalue weighted by Crippen LogP contribution is -2.26. The summed E-state index contributed by atoms with van der Waals surface area (Å²) >= 11 is 0. The SMILES string of the molecule is Cc1[nH]c(=O)n(CCC(=O)NCc2ccc3c(c2)OCO3)c1C. The molecule has 0 atom stereocenters. The van der Waals surface area contributed by atoms with Crippen LogP contribution in [-0.2, 0) is 17.9 Å². The van der Waals surface area contributed by atoms with Crippen molar-refractivity contribution in [3.05, 3.63) is 45.6 Å². The number of hydrogen-bond acceptors (Lipinski definition) is 4. The molecule has 2 N–H and O–H groups in total. The average Bonchev–Trinajstić information content (AvgIpc) is 3.08. The van der Waals surface area contributed by atoms with Crippen molar-refractivity contribution in [2.24, 2.45) is 0 Å². The number of carbonyl (C=O) groups is 1. The number of aromatic nitrogens is 2. The number of amides is 1. The maximum absolute atomic E-state index is 12.0. The van der Waals surface area contributed by atoms with E-state index in [4.69, 9.17) is 9.47 Å². The number of H-pyrrole nitrogens is 1. The highest BCUT2D eigenvalue weighted by molar-refractivity contribution is 5.75. The third-order valence-corrected chi connectivity index (χ3v) is 3.98. The molecule has 1 aliphatic heterocycles. The number of aryl methyl sites for hydroxylation is 1. The number of imidazole rings is 1. The van der Waals surface area contributed by atoms with Crippen LogP contribution in [0.1, 0.15) is 23.4 Å². The predicted molar refractivity (Wildman–Crippen MR) is 83.6 cm³/mol. The molecular weight excluding hydrogens is 298 g/mol. The first-order chi connectivity index (χ1) is 11.0. The summed E-state index contributed by atoms with van der Waals surface area (Å²) in [7, 11) is 0. The van der Waals surface area contributed by atoms with Crippen LogP contribution in [0.15, 0.2) is 23.0 Å². The first kappa shape index (κ1) is 15.2. The van der Waals surface area contributed by atoms with Gasteiger partial charge < -0.3 is 19.8 Å². The van der Waals surface area contributed by atoms with Crippen molar-refractivity contribution in [2.45, 2.75) is 33.4 Å². The first-order valence-electron chi connectivity index (χ1n) is 7.46. The smallest absolute Gasteiger partial charge is 0.325 e. The Morgan fingerprint density at radius 2 is 2.09 bits per heavy atom. The summed E-state index contributed by atoms with van der Waals surface area (Å²) in [5.74, 6) is 1.31. The number of ether oxygens (including phenoxy) is 2. The van der Waals surface area contributed by atoms with Gasteiger partial charge in [-0.3, -0.25) is 9.36 Å². The summed E-state index contributed by atoms with van der Waals surface area (Å²) in [6.45, 7) is 4.71. The van der Waals surface area contributed by atoms with Crippen molar-refractivity contribution in [1.29, 1.82) is 0 Å². The summed E-state index contributed by atoms with van der Waals surface area (Å²) in [5, 5.41) is 2.85. The molecule has 1 aliphatic rings. The van der Waals surface area contributed by atoms with Crippen LogP contribution < -0.4 is 20.5 Å². The molecule has 3 rings (SSSR count). The van der Waals surface area contributed by atoms with Gasteiger partial charge in [0.15, 0.2) is 11.5 Å². The van der Waals surface area contributed by atoms with Gasteiger partial charge in [-0.25, -0.2) is 4.79 Å². The number of carbonyl (C=O) groups excluding carboxylic acids is 1. The third kappa shape index (κ3) is 3.23. The van der Waals surface area contributed by atoms with Crippen LogP contribution in [0.5, 0.6) is 11.5 Å². The van der Waals surface area contributed by atoms with Gasteiger partial charge in [0.05, 0.1) is 0 Å². The molecule has 0 bridgehead atoms. The number of fused-ring (bicyclic) bond motifs is 1. The number of benzene rings is 1. The quantitative estimate of drug-likeness (QED) is 0.868. The molecule has 1 aromatic heterocycles. The van der Waals surface area contributed by atoms with E-state index in [1.54, 1.807) is 4.57 Å². The zero-order chi connectivity index (χ0) is 16.4. The Hall–Kier alpha value is -2.70. The molecule has 0 aliphatic carbocycles. The molecular formula is C16H19N3O4. The van der Waals surface area contributed by atoms with E-state index in [0.717, 1.165) is 22.7 Å². The molecule has 7 heteroatoms. The molecule has 0 saturated heterocycles. The van der Waals surface area contributed by atoms with Crippen LogP contribution in [-0.4, -0.2) is 22.3 Å². The summed E-state index contributed by atoms with van der Waals surface area (Å²) in [6, 6.07) is 5.57. The Kier molecular flexibility index (Phi) is 4.10. The molecule has 0 unspecified atom stereocenters. The molecule has 1 amide bonds. The van der Waals surface area contributed by atoms with Crippen LogP contribution in [0.4, 0.5) is 0 Å². The second-order valence-electron chi connectivity index (χ2n) is 5.51. The molecule has 23 heavy (non-hydrogen) atoms. The fraction of sp³-hybridized carbons (Fsp3) is 0.375. The zero-order valence-corrected chi connectivity index (χ0v) is 13.1. The number of rotatable bonds is 5. The maximum atomic E-state index is 12.0. The van der Waals surface area contributed by atoms with Gasteiger partial charge in [-0.15, -0.1) is 0 Å². The Labute approximate surface area is 133 Å². The Balaban J connectivity index is 1.53. The molecule has 0 radical (unpaired) electrons. The van der Waals surface area contributed by atoms with E-state index in [1.807, 2.05) is 32.0 Å². The molecule has 122 valence electrons. The highest BCUT2D eigenvalue weighted by Gasteiger charge is 2.13. The lowest BCUT2D eigenvalue weighted by Gasteiger charge is -2.07. The zero-order valence-electron chi connectivity index (χ0n) is 13.1. The van der Waals surface area contributed by atoms with Gasteiger partial charge in [-0.1, -0.05) is 6.07 Å². The normalized spacial score (nSPS) is 12.4. The van der Waals surface area contributed by atoms with Crippen LogP contribution in [0, 0.1) is 13.8 Å². The lowest BCUT2D eigenvalue weighted by atomic mass is 10.2. The predicted octanol–water partition coefficient (Wildman–Crippen LogP) is 1.23. The standard InChI is InChI=1S/C16H19N3O4/c1-10-11(2)19(16(21)18-10)6-5-15(20)17-8-12-3-4-13-14(7-12)23-9-22-13/h3-4,7H,5-6,8-9H2,1-2H3,(H,17,20)(H,18,21). The molecule has 2 aromatic rings. The van der Waals surface area contributed by atoms with E-state index in [-0.39, 0.29) is 24.8 Å². The van der Waals surface area contributed by atoms with Crippen molar-refractivity contribution in [3.63, 3.8) is 0 Å². The van der Waals surface area contributed by atoms with Crippen molar-refractivity contribution in [2.75, 3.05) is 6.79 Å². The molecule has 1 aromatic carbocycles. The Bertz CT molecular complexity index is 791. The molecule has 0 spiro atoms. The van der Waals surface area contributed by atoms with Crippen molar-refractivity contribution in [3.8, 4) is 11.5 Å². The molecule has 0 saturated carbocycles. The van der Waals surface area contributed by atoms with Gasteiger partial charge >= 0.3 is 5.69 Å². The van der Waals surface area contributed by atoms with Crippen molar-refractivity contribution >= 4 is 5.91 Å². The average molecular weight is 317 g/mol. The molecule has 2 heterocycles. The summed E-state index contributed by atoms with van der Waals surface area (Å²) < 4.78 is 12.1. The van der Waals surface area contributed by atoms with Crippen LogP contribution in [0.2, 0.25) is 0 Å². The van der Waals surface area contributed by atoms with E-state index >= 15 is 0 Å². The number of hydrogen-bond donors (Lipinski definition) is 2. The number of nitrogens with one attached hydrogen (secondary N) is 2. The minimum Gasteiger partial charge on any atom is -0.454 e. The van der Waals surface area contributed by atoms with Crippen LogP contribution in [0.3, 0.4) is 0 Å². The van der Waals surface area contributed by atoms with Crippen LogP contribution in [0.25, 0.3) is 0 Å². The van der Waals surface area contributed by atoms with Gasteiger partial charge in [0.2, 0.25) is 12.7 Å². The molecule has 7 nitrogen and oxygen atoms in total. The monoisotopic (exact) mass is 317 g/mol. The summed E-state index contributed by atoms with van der Waals surface area (Å²) in [4.78, 5) is 26.4. The second kappa shape index (κ2) is 6.20. The van der Waals surface area contributed by atoms with E-state index in [0.29, 0.717) is 18.8 Å². The number of aromatic amines is 1. The summed E-state index contributed by atoms with van der Waals surface area (Å²) in [6.07, 6.45) is 0.253. The largest absolute Gasteiger partial charge is 0.454 e. The lowest BCUT2D eigenvalue weighted by molar-refractivity contribution is -0.121. The fourth-order valence-corrected chi connectivity index (χ4v) is 2.50. The maximum Gasteiger partial charge on any atom is 0.325 e. The summed E-state index contributed by atoms with van der Waals surface area (Å²) in [5.41, 5.74) is 2.45. The van der Waals surface area contributed by atoms with Gasteiger partial charge in [0.1, 0.15) is 0 Å². The van der Waals surface area contributed by atoms with E-state index in [1.165, 1.54) is 0 Å². The van der Waals surface area contributed by atoms with E-state index in [9.17, 15) is 9.59 Å². The minimum absolute atomic E-state index is 0.104. The highest BCUT2D eigenvalue weighted by atomic mass is 16.7. The highest BCUT2D eigenvalue weighted by Crippen LogP contribution is 2.32. The van der Waals surface area contributed by atoms with Gasteiger partial charge in [0, 0.05) is 30.9 Å². The number of nitrogens with zero attached hydrogens (tertiary/aromatic N) is 1. The topological polar surface area (TPSA) is 85.4 Å². The van der Waals surface area contributed by atoms with Crippen LogP contribution >= 0.6 is 0 Å². The van der Waals surface area contributed by atoms with E-state index in [2.05, 4.69) is 10.3 Å². The van der Waals surface area contributed by atoms with Crippen molar-refractivity contribution < 1.29 is 14.3 Å². The first-order valence-corrected chi connectivity index (χ1v) is 7.46. The Morgan fingerprint density at radius 3 is 2.83 bits per heavy atom. The van der Waals surface area contributed by atoms with Gasteiger partial charge in [0.25, 0.3) is 0 Å². The Morgan fingerprint density at radius 1 is 1.30 bits per heavy atom. The molecule has 0 fully saturated rings. The minimum atomic E-state index is -0.177. The third-order valence-electron chi connectivity index (χ3n) is 3.98. The van der Waals surface area contributed by atoms with E-state index < -0.39 is 0 Å². The van der Waals surface area contributed by atoms with Gasteiger partial charge in [-0.05, 0) is 31.5 Å². The second-order valence-corrected chi connectivity index (χ2v) is 5.51.